The lowest BCUT2D eigenvalue weighted by atomic mass is 10.2. The molecule has 2 heterocycles. The molecule has 25 heavy (non-hydrogen) atoms. The van der Waals surface area contributed by atoms with E-state index in [2.05, 4.69) is 27.5 Å². The van der Waals surface area contributed by atoms with Gasteiger partial charge >= 0.3 is 0 Å². The number of aliphatic imine (C=N–C) groups is 1. The monoisotopic (exact) mass is 458 g/mol. The first-order chi connectivity index (χ1) is 11.6. The third kappa shape index (κ3) is 6.93. The van der Waals surface area contributed by atoms with Crippen molar-refractivity contribution in [2.75, 3.05) is 13.7 Å². The van der Waals surface area contributed by atoms with E-state index in [0.717, 1.165) is 23.5 Å². The summed E-state index contributed by atoms with van der Waals surface area (Å²) < 4.78 is 11.1. The number of furan rings is 1. The summed E-state index contributed by atoms with van der Waals surface area (Å²) in [7, 11) is 1.75. The van der Waals surface area contributed by atoms with Crippen molar-refractivity contribution in [3.05, 3.63) is 47.5 Å². The average molecular weight is 458 g/mol. The molecule has 1 atom stereocenters. The highest BCUT2D eigenvalue weighted by atomic mass is 127. The van der Waals surface area contributed by atoms with Crippen LogP contribution in [0.2, 0.25) is 0 Å². The molecular weight excluding hydrogens is 431 g/mol. The summed E-state index contributed by atoms with van der Waals surface area (Å²) in [6.45, 7) is 7.36. The van der Waals surface area contributed by atoms with Crippen molar-refractivity contribution in [3.8, 4) is 5.88 Å². The Morgan fingerprint density at radius 2 is 2.12 bits per heavy atom. The Morgan fingerprint density at radius 1 is 1.32 bits per heavy atom. The molecule has 0 saturated heterocycles. The molecule has 0 bridgehead atoms. The largest absolute Gasteiger partial charge is 0.478 e. The van der Waals surface area contributed by atoms with E-state index in [0.29, 0.717) is 25.0 Å². The van der Waals surface area contributed by atoms with E-state index < -0.39 is 0 Å². The van der Waals surface area contributed by atoms with Crippen molar-refractivity contribution in [1.82, 2.24) is 15.6 Å². The molecule has 0 amide bonds. The Morgan fingerprint density at radius 3 is 2.68 bits per heavy atom. The fourth-order valence-electron chi connectivity index (χ4n) is 2.15. The second kappa shape index (κ2) is 11.0. The molecule has 1 unspecified atom stereocenters. The van der Waals surface area contributed by atoms with E-state index in [9.17, 15) is 0 Å². The summed E-state index contributed by atoms with van der Waals surface area (Å²) in [5, 5.41) is 6.58. The van der Waals surface area contributed by atoms with E-state index in [-0.39, 0.29) is 30.0 Å². The van der Waals surface area contributed by atoms with E-state index in [4.69, 9.17) is 9.15 Å². The first-order valence-electron chi connectivity index (χ1n) is 8.23. The number of hydrogen-bond donors (Lipinski definition) is 2. The number of nitrogens with zero attached hydrogens (tertiary/aromatic N) is 2. The highest BCUT2D eigenvalue weighted by Crippen LogP contribution is 2.15. The van der Waals surface area contributed by atoms with Gasteiger partial charge in [0.15, 0.2) is 5.96 Å². The highest BCUT2D eigenvalue weighted by Gasteiger charge is 2.11. The predicted molar refractivity (Wildman–Crippen MR) is 111 cm³/mol. The van der Waals surface area contributed by atoms with Crippen LogP contribution in [0.1, 0.15) is 43.4 Å². The maximum absolute atomic E-state index is 5.63. The number of halogens is 1. The lowest BCUT2D eigenvalue weighted by Crippen LogP contribution is -2.38. The molecule has 2 N–H and O–H groups in total. The molecule has 138 valence electrons. The number of hydrogen-bond acceptors (Lipinski definition) is 4. The molecule has 0 radical (unpaired) electrons. The number of aryl methyl sites for hydroxylation is 1. The Kier molecular flexibility index (Phi) is 9.33. The molecule has 0 aliphatic carbocycles. The van der Waals surface area contributed by atoms with Gasteiger partial charge in [-0.05, 0) is 38.0 Å². The Hall–Kier alpha value is -1.77. The van der Waals surface area contributed by atoms with Crippen molar-refractivity contribution in [2.24, 2.45) is 4.99 Å². The summed E-state index contributed by atoms with van der Waals surface area (Å²) in [5.74, 6) is 3.15. The van der Waals surface area contributed by atoms with Crippen LogP contribution in [0, 0.1) is 6.92 Å². The molecule has 0 aromatic carbocycles. The molecule has 0 spiro atoms. The van der Waals surface area contributed by atoms with Gasteiger partial charge in [-0.3, -0.25) is 4.99 Å². The maximum Gasteiger partial charge on any atom is 0.213 e. The van der Waals surface area contributed by atoms with Crippen LogP contribution in [-0.4, -0.2) is 24.6 Å². The zero-order chi connectivity index (χ0) is 17.4. The first kappa shape index (κ1) is 21.3. The van der Waals surface area contributed by atoms with Gasteiger partial charge in [-0.1, -0.05) is 13.0 Å². The molecule has 2 aromatic heterocycles. The molecule has 7 heteroatoms. The van der Waals surface area contributed by atoms with Gasteiger partial charge < -0.3 is 19.8 Å². The molecule has 2 aromatic rings. The summed E-state index contributed by atoms with van der Waals surface area (Å²) >= 11 is 0. The smallest absolute Gasteiger partial charge is 0.213 e. The van der Waals surface area contributed by atoms with Gasteiger partial charge in [-0.25, -0.2) is 4.98 Å². The zero-order valence-electron chi connectivity index (χ0n) is 15.2. The van der Waals surface area contributed by atoms with Gasteiger partial charge in [0.05, 0.1) is 12.6 Å². The zero-order valence-corrected chi connectivity index (χ0v) is 17.5. The lowest BCUT2D eigenvalue weighted by Gasteiger charge is -2.16. The van der Waals surface area contributed by atoms with E-state index in [1.807, 2.05) is 44.3 Å². The molecule has 0 aliphatic rings. The topological polar surface area (TPSA) is 71.7 Å². The summed E-state index contributed by atoms with van der Waals surface area (Å²) in [6, 6.07) is 7.85. The van der Waals surface area contributed by atoms with E-state index in [1.165, 1.54) is 0 Å². The number of pyridine rings is 1. The highest BCUT2D eigenvalue weighted by molar-refractivity contribution is 14.0. The molecular formula is C18H27IN4O2. The second-order valence-corrected chi connectivity index (χ2v) is 5.59. The first-order valence-corrected chi connectivity index (χ1v) is 8.23. The summed E-state index contributed by atoms with van der Waals surface area (Å²) in [6.07, 6.45) is 2.78. The number of aromatic nitrogens is 1. The average Bonchev–Trinajstić information content (AvgIpc) is 3.04. The number of nitrogens with one attached hydrogen (secondary N) is 2. The quantitative estimate of drug-likeness (QED) is 0.375. The van der Waals surface area contributed by atoms with E-state index in [1.54, 1.807) is 7.05 Å². The minimum absolute atomic E-state index is 0. The second-order valence-electron chi connectivity index (χ2n) is 5.59. The Bertz CT molecular complexity index is 655. The fourth-order valence-corrected chi connectivity index (χ4v) is 2.15. The van der Waals surface area contributed by atoms with Crippen molar-refractivity contribution < 1.29 is 9.15 Å². The Balaban J connectivity index is 0.00000312. The number of rotatable bonds is 7. The maximum atomic E-state index is 5.63. The van der Waals surface area contributed by atoms with Gasteiger partial charge in [-0.2, -0.15) is 0 Å². The van der Waals surface area contributed by atoms with Crippen LogP contribution in [0.25, 0.3) is 0 Å². The van der Waals surface area contributed by atoms with Crippen LogP contribution < -0.4 is 15.4 Å². The van der Waals surface area contributed by atoms with Gasteiger partial charge in [0.25, 0.3) is 0 Å². The molecule has 2 rings (SSSR count). The van der Waals surface area contributed by atoms with Gasteiger partial charge in [0.2, 0.25) is 5.88 Å². The van der Waals surface area contributed by atoms with Crippen LogP contribution in [0.15, 0.2) is 39.9 Å². The minimum atomic E-state index is 0. The molecule has 0 aliphatic heterocycles. The lowest BCUT2D eigenvalue weighted by molar-refractivity contribution is 0.305. The summed E-state index contributed by atoms with van der Waals surface area (Å²) in [5.41, 5.74) is 1.06. The Labute approximate surface area is 166 Å². The van der Waals surface area contributed by atoms with E-state index >= 15 is 0 Å². The molecule has 0 fully saturated rings. The van der Waals surface area contributed by atoms with Crippen LogP contribution >= 0.6 is 24.0 Å². The van der Waals surface area contributed by atoms with Gasteiger partial charge in [0, 0.05) is 25.9 Å². The third-order valence-electron chi connectivity index (χ3n) is 3.48. The van der Waals surface area contributed by atoms with Crippen molar-refractivity contribution in [1.29, 1.82) is 0 Å². The fraction of sp³-hybridized carbons (Fsp3) is 0.444. The molecule has 0 saturated carbocycles. The SMILES string of the molecule is CCCOc1ccc(CNC(=NC)NC(C)c2ccc(C)o2)cn1.I. The van der Waals surface area contributed by atoms with Crippen molar-refractivity contribution in [2.45, 2.75) is 39.8 Å². The van der Waals surface area contributed by atoms with Crippen LogP contribution in [0.5, 0.6) is 5.88 Å². The van der Waals surface area contributed by atoms with Crippen molar-refractivity contribution >= 4 is 29.9 Å². The minimum Gasteiger partial charge on any atom is -0.478 e. The van der Waals surface area contributed by atoms with Crippen LogP contribution in [0.4, 0.5) is 0 Å². The van der Waals surface area contributed by atoms with Crippen LogP contribution in [0.3, 0.4) is 0 Å². The van der Waals surface area contributed by atoms with Gasteiger partial charge in [0.1, 0.15) is 11.5 Å². The van der Waals surface area contributed by atoms with Crippen molar-refractivity contribution in [3.63, 3.8) is 0 Å². The third-order valence-corrected chi connectivity index (χ3v) is 3.48. The standard InChI is InChI=1S/C18H26N4O2.HI/c1-5-10-23-17-9-7-15(11-20-17)12-21-18(19-4)22-14(3)16-8-6-13(2)24-16;/h6-9,11,14H,5,10,12H2,1-4H3,(H2,19,21,22);1H. The normalized spacial score (nSPS) is 12.2. The number of ether oxygens (including phenoxy) is 1. The van der Waals surface area contributed by atoms with Crippen LogP contribution in [-0.2, 0) is 6.54 Å². The predicted octanol–water partition coefficient (Wildman–Crippen LogP) is 3.82. The van der Waals surface area contributed by atoms with Gasteiger partial charge in [-0.15, -0.1) is 24.0 Å². The summed E-state index contributed by atoms with van der Waals surface area (Å²) in [4.78, 5) is 8.53. The molecule has 6 nitrogen and oxygen atoms in total. The number of guanidine groups is 1.